The molecular formula is C11H16ClNO2. The van der Waals surface area contributed by atoms with Crippen LogP contribution < -0.4 is 10.5 Å². The topological polar surface area (TPSA) is 55.5 Å². The molecule has 1 unspecified atom stereocenters. The third-order valence-electron chi connectivity index (χ3n) is 2.05. The predicted octanol–water partition coefficient (Wildman–Crippen LogP) is 2.40. The molecule has 1 aromatic rings. The highest BCUT2D eigenvalue weighted by Crippen LogP contribution is 2.28. The van der Waals surface area contributed by atoms with Crippen molar-refractivity contribution in [1.82, 2.24) is 0 Å². The average Bonchev–Trinajstić information content (AvgIpc) is 2.18. The number of hydrogen-bond donors (Lipinski definition) is 2. The molecule has 15 heavy (non-hydrogen) atoms. The van der Waals surface area contributed by atoms with Crippen LogP contribution in [0.5, 0.6) is 11.5 Å². The molecule has 0 aliphatic rings. The van der Waals surface area contributed by atoms with E-state index in [4.69, 9.17) is 10.5 Å². The van der Waals surface area contributed by atoms with Crippen LogP contribution in [-0.2, 0) is 0 Å². The number of halogens is 1. The van der Waals surface area contributed by atoms with Crippen LogP contribution in [0.3, 0.4) is 0 Å². The molecule has 1 atom stereocenters. The van der Waals surface area contributed by atoms with Gasteiger partial charge in [-0.05, 0) is 24.1 Å². The van der Waals surface area contributed by atoms with Gasteiger partial charge in [-0.3, -0.25) is 0 Å². The largest absolute Gasteiger partial charge is 0.504 e. The van der Waals surface area contributed by atoms with Crippen LogP contribution >= 0.6 is 12.4 Å². The number of benzene rings is 1. The molecule has 1 rings (SSSR count). The molecule has 0 aromatic heterocycles. The van der Waals surface area contributed by atoms with Crippen molar-refractivity contribution in [2.45, 2.75) is 12.5 Å². The molecule has 3 nitrogen and oxygen atoms in total. The fourth-order valence-corrected chi connectivity index (χ4v) is 1.25. The van der Waals surface area contributed by atoms with Crippen LogP contribution in [0.25, 0.3) is 0 Å². The fourth-order valence-electron chi connectivity index (χ4n) is 1.25. The number of phenols is 1. The zero-order valence-electron chi connectivity index (χ0n) is 8.64. The lowest BCUT2D eigenvalue weighted by Crippen LogP contribution is -2.08. The van der Waals surface area contributed by atoms with Crippen molar-refractivity contribution in [2.75, 3.05) is 7.11 Å². The number of rotatable bonds is 4. The van der Waals surface area contributed by atoms with Crippen molar-refractivity contribution in [2.24, 2.45) is 5.73 Å². The molecule has 0 saturated carbocycles. The smallest absolute Gasteiger partial charge is 0.160 e. The summed E-state index contributed by atoms with van der Waals surface area (Å²) in [5.74, 6) is 0.573. The third-order valence-corrected chi connectivity index (χ3v) is 2.05. The maximum atomic E-state index is 9.50. The van der Waals surface area contributed by atoms with Crippen LogP contribution in [0.4, 0.5) is 0 Å². The first-order valence-corrected chi connectivity index (χ1v) is 4.42. The summed E-state index contributed by atoms with van der Waals surface area (Å²) in [4.78, 5) is 0. The summed E-state index contributed by atoms with van der Waals surface area (Å²) in [6.07, 6.45) is 2.44. The Balaban J connectivity index is 0.00000196. The first-order valence-electron chi connectivity index (χ1n) is 4.42. The molecule has 84 valence electrons. The van der Waals surface area contributed by atoms with E-state index in [1.165, 1.54) is 7.11 Å². The van der Waals surface area contributed by atoms with Crippen molar-refractivity contribution < 1.29 is 9.84 Å². The highest BCUT2D eigenvalue weighted by Gasteiger charge is 2.07. The zero-order valence-corrected chi connectivity index (χ0v) is 9.46. The Bertz CT molecular complexity index is 328. The predicted molar refractivity (Wildman–Crippen MR) is 63.6 cm³/mol. The second-order valence-electron chi connectivity index (χ2n) is 3.06. The molecule has 0 heterocycles. The highest BCUT2D eigenvalue weighted by molar-refractivity contribution is 5.85. The van der Waals surface area contributed by atoms with E-state index in [2.05, 4.69) is 6.58 Å². The van der Waals surface area contributed by atoms with Gasteiger partial charge in [0, 0.05) is 6.04 Å². The van der Waals surface area contributed by atoms with Gasteiger partial charge >= 0.3 is 0 Å². The number of nitrogens with two attached hydrogens (primary N) is 1. The molecule has 0 aliphatic carbocycles. The summed E-state index contributed by atoms with van der Waals surface area (Å²) in [5, 5.41) is 9.50. The van der Waals surface area contributed by atoms with E-state index < -0.39 is 0 Å². The van der Waals surface area contributed by atoms with Crippen LogP contribution in [0, 0.1) is 0 Å². The van der Waals surface area contributed by atoms with Gasteiger partial charge in [-0.15, -0.1) is 19.0 Å². The van der Waals surface area contributed by atoms with Gasteiger partial charge in [0.15, 0.2) is 11.5 Å². The second kappa shape index (κ2) is 6.32. The van der Waals surface area contributed by atoms with Crippen molar-refractivity contribution in [3.05, 3.63) is 36.4 Å². The van der Waals surface area contributed by atoms with Gasteiger partial charge in [-0.2, -0.15) is 0 Å². The SMILES string of the molecule is C=CCC(N)c1ccc(OC)c(O)c1.Cl. The van der Waals surface area contributed by atoms with Gasteiger partial charge in [0.25, 0.3) is 0 Å². The van der Waals surface area contributed by atoms with E-state index >= 15 is 0 Å². The fraction of sp³-hybridized carbons (Fsp3) is 0.273. The molecule has 0 amide bonds. The lowest BCUT2D eigenvalue weighted by Gasteiger charge is -2.11. The first kappa shape index (κ1) is 13.8. The normalized spacial score (nSPS) is 11.3. The molecule has 0 spiro atoms. The standard InChI is InChI=1S/C11H15NO2.ClH/c1-3-4-9(12)8-5-6-11(14-2)10(13)7-8;/h3,5-7,9,13H,1,4,12H2,2H3;1H. The maximum Gasteiger partial charge on any atom is 0.160 e. The third kappa shape index (κ3) is 3.46. The van der Waals surface area contributed by atoms with Crippen LogP contribution in [0.2, 0.25) is 0 Å². The van der Waals surface area contributed by atoms with E-state index in [9.17, 15) is 5.11 Å². The molecule has 0 fully saturated rings. The number of methoxy groups -OCH3 is 1. The summed E-state index contributed by atoms with van der Waals surface area (Å²) in [7, 11) is 1.51. The molecule has 1 aromatic carbocycles. The summed E-state index contributed by atoms with van der Waals surface area (Å²) in [6, 6.07) is 5.04. The Morgan fingerprint density at radius 1 is 1.60 bits per heavy atom. The monoisotopic (exact) mass is 229 g/mol. The Morgan fingerprint density at radius 3 is 2.73 bits per heavy atom. The van der Waals surface area contributed by atoms with E-state index in [-0.39, 0.29) is 24.2 Å². The number of ether oxygens (including phenoxy) is 1. The Hall–Kier alpha value is -1.19. The van der Waals surface area contributed by atoms with Crippen LogP contribution in [0.1, 0.15) is 18.0 Å². The lowest BCUT2D eigenvalue weighted by molar-refractivity contribution is 0.372. The first-order chi connectivity index (χ1) is 6.69. The lowest BCUT2D eigenvalue weighted by atomic mass is 10.0. The van der Waals surface area contributed by atoms with Gasteiger partial charge in [-0.25, -0.2) is 0 Å². The molecule has 4 heteroatoms. The Kier molecular flexibility index (Phi) is 5.82. The van der Waals surface area contributed by atoms with Gasteiger partial charge in [-0.1, -0.05) is 12.1 Å². The second-order valence-corrected chi connectivity index (χ2v) is 3.06. The molecule has 0 aliphatic heterocycles. The van der Waals surface area contributed by atoms with Crippen LogP contribution in [-0.4, -0.2) is 12.2 Å². The van der Waals surface area contributed by atoms with E-state index in [1.54, 1.807) is 18.2 Å². The number of phenolic OH excluding ortho intramolecular Hbond substituents is 1. The highest BCUT2D eigenvalue weighted by atomic mass is 35.5. The molecule has 0 saturated heterocycles. The number of aromatic hydroxyl groups is 1. The summed E-state index contributed by atoms with van der Waals surface area (Å²) in [5.41, 5.74) is 6.72. The minimum atomic E-state index is -0.121. The van der Waals surface area contributed by atoms with Gasteiger partial charge in [0.05, 0.1) is 7.11 Å². The zero-order chi connectivity index (χ0) is 10.6. The quantitative estimate of drug-likeness (QED) is 0.780. The van der Waals surface area contributed by atoms with Gasteiger partial charge in [0.2, 0.25) is 0 Å². The Morgan fingerprint density at radius 2 is 2.27 bits per heavy atom. The minimum Gasteiger partial charge on any atom is -0.504 e. The van der Waals surface area contributed by atoms with Crippen molar-refractivity contribution in [1.29, 1.82) is 0 Å². The van der Waals surface area contributed by atoms with Crippen molar-refractivity contribution in [3.8, 4) is 11.5 Å². The Labute approximate surface area is 96.0 Å². The molecule has 3 N–H and O–H groups in total. The summed E-state index contributed by atoms with van der Waals surface area (Å²) >= 11 is 0. The van der Waals surface area contributed by atoms with E-state index in [0.717, 1.165) is 5.56 Å². The molecule has 0 radical (unpaired) electrons. The summed E-state index contributed by atoms with van der Waals surface area (Å²) in [6.45, 7) is 3.62. The van der Waals surface area contributed by atoms with Crippen LogP contribution in [0.15, 0.2) is 30.9 Å². The molecule has 0 bridgehead atoms. The average molecular weight is 230 g/mol. The van der Waals surface area contributed by atoms with Gasteiger partial charge in [0.1, 0.15) is 0 Å². The van der Waals surface area contributed by atoms with E-state index in [0.29, 0.717) is 12.2 Å². The van der Waals surface area contributed by atoms with E-state index in [1.807, 2.05) is 6.07 Å². The van der Waals surface area contributed by atoms with Crippen molar-refractivity contribution in [3.63, 3.8) is 0 Å². The molecular weight excluding hydrogens is 214 g/mol. The minimum absolute atomic E-state index is 0. The number of hydrogen-bond acceptors (Lipinski definition) is 3. The van der Waals surface area contributed by atoms with Gasteiger partial charge < -0.3 is 15.6 Å². The summed E-state index contributed by atoms with van der Waals surface area (Å²) < 4.78 is 4.93. The maximum absolute atomic E-state index is 9.50. The van der Waals surface area contributed by atoms with Crippen molar-refractivity contribution >= 4 is 12.4 Å².